The van der Waals surface area contributed by atoms with Gasteiger partial charge in [0.2, 0.25) is 0 Å². The maximum atomic E-state index is 11.0. The highest BCUT2D eigenvalue weighted by atomic mass is 32.2. The van der Waals surface area contributed by atoms with Gasteiger partial charge in [0.15, 0.2) is 0 Å². The van der Waals surface area contributed by atoms with Crippen molar-refractivity contribution in [3.05, 3.63) is 23.9 Å². The molecule has 6 heteroatoms. The molecule has 0 radical (unpaired) electrons. The van der Waals surface area contributed by atoms with E-state index in [9.17, 15) is 8.42 Å². The summed E-state index contributed by atoms with van der Waals surface area (Å²) in [7, 11) is -2.89. The minimum atomic E-state index is -2.89. The molecule has 1 heterocycles. The van der Waals surface area contributed by atoms with Crippen LogP contribution in [0.5, 0.6) is 0 Å². The number of thioether (sulfide) groups is 1. The largest absolute Gasteiger partial charge is 0.330 e. The predicted molar refractivity (Wildman–Crippen MR) is 67.4 cm³/mol. The van der Waals surface area contributed by atoms with E-state index in [1.165, 1.54) is 18.0 Å². The van der Waals surface area contributed by atoms with Crippen LogP contribution in [0.2, 0.25) is 0 Å². The molecule has 0 aliphatic heterocycles. The molecule has 0 unspecified atom stereocenters. The SMILES string of the molecule is CS(=O)(=O)CCSc1ncccc1CCN. The van der Waals surface area contributed by atoms with E-state index in [-0.39, 0.29) is 5.75 Å². The lowest BCUT2D eigenvalue weighted by Gasteiger charge is -2.06. The molecular formula is C10H16N2O2S2. The quantitative estimate of drug-likeness (QED) is 0.763. The Balaban J connectivity index is 2.59. The Bertz CT molecular complexity index is 432. The van der Waals surface area contributed by atoms with Crippen molar-refractivity contribution in [2.45, 2.75) is 11.4 Å². The van der Waals surface area contributed by atoms with E-state index in [2.05, 4.69) is 4.98 Å². The van der Waals surface area contributed by atoms with Crippen molar-refractivity contribution < 1.29 is 8.42 Å². The van der Waals surface area contributed by atoms with E-state index in [1.807, 2.05) is 12.1 Å². The van der Waals surface area contributed by atoms with Crippen LogP contribution < -0.4 is 5.73 Å². The lowest BCUT2D eigenvalue weighted by molar-refractivity contribution is 0.603. The third-order valence-electron chi connectivity index (χ3n) is 1.96. The second-order valence-corrected chi connectivity index (χ2v) is 6.83. The molecule has 16 heavy (non-hydrogen) atoms. The molecule has 0 bridgehead atoms. The lowest BCUT2D eigenvalue weighted by Crippen LogP contribution is -2.07. The Labute approximate surface area is 101 Å². The standard InChI is InChI=1S/C10H16N2O2S2/c1-16(13,14)8-7-15-10-9(4-5-11)3-2-6-12-10/h2-3,6H,4-5,7-8,11H2,1H3. The van der Waals surface area contributed by atoms with Crippen LogP contribution in [0.4, 0.5) is 0 Å². The third kappa shape index (κ3) is 4.96. The van der Waals surface area contributed by atoms with Crippen LogP contribution in [0.15, 0.2) is 23.4 Å². The highest BCUT2D eigenvalue weighted by Gasteiger charge is 2.06. The highest BCUT2D eigenvalue weighted by molar-refractivity contribution is 8.00. The van der Waals surface area contributed by atoms with Crippen LogP contribution in [0.1, 0.15) is 5.56 Å². The predicted octanol–water partition coefficient (Wildman–Crippen LogP) is 0.720. The monoisotopic (exact) mass is 260 g/mol. The highest BCUT2D eigenvalue weighted by Crippen LogP contribution is 2.20. The Kier molecular flexibility index (Phi) is 5.24. The summed E-state index contributed by atoms with van der Waals surface area (Å²) in [5.74, 6) is 0.712. The Morgan fingerprint density at radius 1 is 1.50 bits per heavy atom. The maximum absolute atomic E-state index is 11.0. The van der Waals surface area contributed by atoms with E-state index < -0.39 is 9.84 Å². The average molecular weight is 260 g/mol. The molecule has 90 valence electrons. The molecular weight excluding hydrogens is 244 g/mol. The summed E-state index contributed by atoms with van der Waals surface area (Å²) in [5.41, 5.74) is 6.58. The van der Waals surface area contributed by atoms with Crippen LogP contribution in [-0.2, 0) is 16.3 Å². The second-order valence-electron chi connectivity index (χ2n) is 3.48. The molecule has 0 saturated heterocycles. The Hall–Kier alpha value is -0.590. The zero-order chi connectivity index (χ0) is 12.0. The fourth-order valence-electron chi connectivity index (χ4n) is 1.19. The normalized spacial score (nSPS) is 11.6. The van der Waals surface area contributed by atoms with Gasteiger partial charge >= 0.3 is 0 Å². The Morgan fingerprint density at radius 3 is 2.88 bits per heavy atom. The van der Waals surface area contributed by atoms with Crippen molar-refractivity contribution in [2.75, 3.05) is 24.3 Å². The topological polar surface area (TPSA) is 73.0 Å². The number of hydrogen-bond donors (Lipinski definition) is 1. The minimum Gasteiger partial charge on any atom is -0.330 e. The molecule has 0 aliphatic rings. The summed E-state index contributed by atoms with van der Waals surface area (Å²) in [4.78, 5) is 4.23. The zero-order valence-electron chi connectivity index (χ0n) is 9.22. The van der Waals surface area contributed by atoms with Gasteiger partial charge in [0.1, 0.15) is 9.84 Å². The van der Waals surface area contributed by atoms with Gasteiger partial charge in [-0.05, 0) is 24.6 Å². The summed E-state index contributed by atoms with van der Waals surface area (Å²) in [6, 6.07) is 3.84. The molecule has 0 fully saturated rings. The lowest BCUT2D eigenvalue weighted by atomic mass is 10.2. The molecule has 0 aliphatic carbocycles. The summed E-state index contributed by atoms with van der Waals surface area (Å²) in [5, 5.41) is 0.886. The van der Waals surface area contributed by atoms with Crippen molar-refractivity contribution >= 4 is 21.6 Å². The molecule has 0 saturated carbocycles. The van der Waals surface area contributed by atoms with Gasteiger partial charge in [-0.25, -0.2) is 13.4 Å². The minimum absolute atomic E-state index is 0.177. The third-order valence-corrected chi connectivity index (χ3v) is 4.21. The van der Waals surface area contributed by atoms with E-state index in [0.717, 1.165) is 17.0 Å². The summed E-state index contributed by atoms with van der Waals surface area (Å²) in [6.07, 6.45) is 3.73. The van der Waals surface area contributed by atoms with Gasteiger partial charge in [-0.2, -0.15) is 0 Å². The molecule has 1 rings (SSSR count). The van der Waals surface area contributed by atoms with Crippen molar-refractivity contribution in [3.63, 3.8) is 0 Å². The van der Waals surface area contributed by atoms with Crippen LogP contribution in [0.3, 0.4) is 0 Å². The van der Waals surface area contributed by atoms with Crippen LogP contribution in [0, 0.1) is 0 Å². The first-order valence-corrected chi connectivity index (χ1v) is 8.02. The van der Waals surface area contributed by atoms with E-state index in [0.29, 0.717) is 12.3 Å². The van der Waals surface area contributed by atoms with Gasteiger partial charge in [-0.3, -0.25) is 0 Å². The van der Waals surface area contributed by atoms with Gasteiger partial charge in [0.25, 0.3) is 0 Å². The molecule has 0 amide bonds. The van der Waals surface area contributed by atoms with Gasteiger partial charge in [-0.15, -0.1) is 11.8 Å². The summed E-state index contributed by atoms with van der Waals surface area (Å²) >= 11 is 1.47. The molecule has 4 nitrogen and oxygen atoms in total. The number of nitrogens with zero attached hydrogens (tertiary/aromatic N) is 1. The molecule has 0 spiro atoms. The average Bonchev–Trinajstić information content (AvgIpc) is 2.19. The number of sulfone groups is 1. The fraction of sp³-hybridized carbons (Fsp3) is 0.500. The first kappa shape index (κ1) is 13.5. The van der Waals surface area contributed by atoms with E-state index in [4.69, 9.17) is 5.73 Å². The second kappa shape index (κ2) is 6.22. The van der Waals surface area contributed by atoms with Gasteiger partial charge in [0.05, 0.1) is 10.8 Å². The fourth-order valence-corrected chi connectivity index (χ4v) is 3.42. The van der Waals surface area contributed by atoms with E-state index >= 15 is 0 Å². The number of hydrogen-bond acceptors (Lipinski definition) is 5. The number of pyridine rings is 1. The van der Waals surface area contributed by atoms with Crippen LogP contribution in [0.25, 0.3) is 0 Å². The van der Waals surface area contributed by atoms with Crippen molar-refractivity contribution in [2.24, 2.45) is 5.73 Å². The molecule has 1 aromatic heterocycles. The van der Waals surface area contributed by atoms with Gasteiger partial charge in [-0.1, -0.05) is 6.07 Å². The van der Waals surface area contributed by atoms with Gasteiger partial charge < -0.3 is 5.73 Å². The zero-order valence-corrected chi connectivity index (χ0v) is 10.9. The first-order valence-electron chi connectivity index (χ1n) is 4.97. The Morgan fingerprint density at radius 2 is 2.25 bits per heavy atom. The first-order chi connectivity index (χ1) is 7.53. The molecule has 2 N–H and O–H groups in total. The number of nitrogens with two attached hydrogens (primary N) is 1. The number of rotatable bonds is 6. The molecule has 0 atom stereocenters. The molecule has 1 aromatic rings. The van der Waals surface area contributed by atoms with Gasteiger partial charge in [0, 0.05) is 18.2 Å². The number of aromatic nitrogens is 1. The van der Waals surface area contributed by atoms with Crippen molar-refractivity contribution in [3.8, 4) is 0 Å². The van der Waals surface area contributed by atoms with E-state index in [1.54, 1.807) is 6.20 Å². The molecule has 0 aromatic carbocycles. The van der Waals surface area contributed by atoms with Crippen molar-refractivity contribution in [1.82, 2.24) is 4.98 Å². The summed E-state index contributed by atoms with van der Waals surface area (Å²) in [6.45, 7) is 0.575. The smallest absolute Gasteiger partial charge is 0.148 e. The summed E-state index contributed by atoms with van der Waals surface area (Å²) < 4.78 is 22.0. The van der Waals surface area contributed by atoms with Crippen molar-refractivity contribution in [1.29, 1.82) is 0 Å². The van der Waals surface area contributed by atoms with Crippen LogP contribution in [-0.4, -0.2) is 37.7 Å². The van der Waals surface area contributed by atoms with Crippen LogP contribution >= 0.6 is 11.8 Å². The maximum Gasteiger partial charge on any atom is 0.148 e.